The van der Waals surface area contributed by atoms with Crippen LogP contribution >= 0.6 is 0 Å². The minimum atomic E-state index is 0.538. The smallest absolute Gasteiger partial charge is 0.0317 e. The maximum atomic E-state index is 3.46. The predicted octanol–water partition coefficient (Wildman–Crippen LogP) is 4.23. The number of hydrogen-bond donors (Lipinski definition) is 1. The Morgan fingerprint density at radius 2 is 1.82 bits per heavy atom. The molecule has 1 atom stereocenters. The monoisotopic (exact) mass is 231 g/mol. The molecular weight excluding hydrogens is 206 g/mol. The Kier molecular flexibility index (Phi) is 4.61. The highest BCUT2D eigenvalue weighted by molar-refractivity contribution is 5.24. The summed E-state index contributed by atoms with van der Waals surface area (Å²) in [5.41, 5.74) is 2.79. The van der Waals surface area contributed by atoms with E-state index in [0.717, 1.165) is 5.92 Å². The van der Waals surface area contributed by atoms with Crippen molar-refractivity contribution in [2.45, 2.75) is 51.5 Å². The van der Waals surface area contributed by atoms with Gasteiger partial charge in [-0.2, -0.15) is 0 Å². The van der Waals surface area contributed by atoms with Crippen molar-refractivity contribution in [3.05, 3.63) is 35.4 Å². The fourth-order valence-electron chi connectivity index (χ4n) is 2.98. The van der Waals surface area contributed by atoms with Gasteiger partial charge < -0.3 is 5.32 Å². The van der Waals surface area contributed by atoms with Crippen LogP contribution in [0.5, 0.6) is 0 Å². The zero-order valence-corrected chi connectivity index (χ0v) is 11.2. The van der Waals surface area contributed by atoms with Crippen molar-refractivity contribution in [3.8, 4) is 0 Å². The van der Waals surface area contributed by atoms with Gasteiger partial charge in [-0.1, -0.05) is 55.5 Å². The molecule has 1 nitrogen and oxygen atoms in total. The largest absolute Gasteiger partial charge is 0.313 e. The third-order valence-electron chi connectivity index (χ3n) is 4.17. The SMILES string of the molecule is CNC(CCC1CCCC1)c1ccc(C)cc1. The molecular formula is C16H25N. The number of benzene rings is 1. The lowest BCUT2D eigenvalue weighted by molar-refractivity contribution is 0.427. The molecule has 1 aromatic rings. The van der Waals surface area contributed by atoms with Gasteiger partial charge >= 0.3 is 0 Å². The summed E-state index contributed by atoms with van der Waals surface area (Å²) < 4.78 is 0. The lowest BCUT2D eigenvalue weighted by atomic mass is 9.94. The summed E-state index contributed by atoms with van der Waals surface area (Å²) in [7, 11) is 2.08. The standard InChI is InChI=1S/C16H25N/c1-13-7-10-15(11-8-13)16(17-2)12-9-14-5-3-4-6-14/h7-8,10-11,14,16-17H,3-6,9,12H2,1-2H3. The van der Waals surface area contributed by atoms with Gasteiger partial charge in [-0.25, -0.2) is 0 Å². The van der Waals surface area contributed by atoms with Gasteiger partial charge in [-0.05, 0) is 38.3 Å². The minimum Gasteiger partial charge on any atom is -0.313 e. The molecule has 1 aliphatic rings. The van der Waals surface area contributed by atoms with Crippen molar-refractivity contribution in [1.29, 1.82) is 0 Å². The van der Waals surface area contributed by atoms with Crippen molar-refractivity contribution >= 4 is 0 Å². The molecule has 0 saturated heterocycles. The molecule has 0 heterocycles. The van der Waals surface area contributed by atoms with E-state index in [2.05, 4.69) is 43.6 Å². The van der Waals surface area contributed by atoms with Gasteiger partial charge in [0.2, 0.25) is 0 Å². The molecule has 0 radical (unpaired) electrons. The van der Waals surface area contributed by atoms with Gasteiger partial charge in [-0.15, -0.1) is 0 Å². The van der Waals surface area contributed by atoms with Gasteiger partial charge in [0.25, 0.3) is 0 Å². The Morgan fingerprint density at radius 1 is 1.18 bits per heavy atom. The van der Waals surface area contributed by atoms with Crippen LogP contribution in [0.4, 0.5) is 0 Å². The molecule has 1 fully saturated rings. The molecule has 0 spiro atoms. The summed E-state index contributed by atoms with van der Waals surface area (Å²) in [4.78, 5) is 0. The minimum absolute atomic E-state index is 0.538. The van der Waals surface area contributed by atoms with E-state index in [-0.39, 0.29) is 0 Å². The lowest BCUT2D eigenvalue weighted by Crippen LogP contribution is -2.17. The fourth-order valence-corrected chi connectivity index (χ4v) is 2.98. The van der Waals surface area contributed by atoms with E-state index in [0.29, 0.717) is 6.04 Å². The van der Waals surface area contributed by atoms with E-state index in [1.54, 1.807) is 0 Å². The molecule has 1 unspecified atom stereocenters. The maximum absolute atomic E-state index is 3.46. The Labute approximate surface area is 106 Å². The molecule has 1 heteroatoms. The van der Waals surface area contributed by atoms with Crippen LogP contribution in [0, 0.1) is 12.8 Å². The van der Waals surface area contributed by atoms with E-state index < -0.39 is 0 Å². The van der Waals surface area contributed by atoms with E-state index in [9.17, 15) is 0 Å². The number of aryl methyl sites for hydroxylation is 1. The number of hydrogen-bond acceptors (Lipinski definition) is 1. The summed E-state index contributed by atoms with van der Waals surface area (Å²) in [6, 6.07) is 9.51. The first-order chi connectivity index (χ1) is 8.29. The Morgan fingerprint density at radius 3 is 2.41 bits per heavy atom. The van der Waals surface area contributed by atoms with Crippen LogP contribution in [0.3, 0.4) is 0 Å². The first kappa shape index (κ1) is 12.6. The Balaban J connectivity index is 1.89. The molecule has 17 heavy (non-hydrogen) atoms. The third kappa shape index (κ3) is 3.57. The predicted molar refractivity (Wildman–Crippen MR) is 74.2 cm³/mol. The van der Waals surface area contributed by atoms with Crippen molar-refractivity contribution in [2.24, 2.45) is 5.92 Å². The van der Waals surface area contributed by atoms with Crippen LogP contribution < -0.4 is 5.32 Å². The van der Waals surface area contributed by atoms with Crippen molar-refractivity contribution < 1.29 is 0 Å². The molecule has 1 saturated carbocycles. The average molecular weight is 231 g/mol. The third-order valence-corrected chi connectivity index (χ3v) is 4.17. The van der Waals surface area contributed by atoms with Gasteiger partial charge in [0.15, 0.2) is 0 Å². The molecule has 1 aliphatic carbocycles. The number of nitrogens with one attached hydrogen (secondary N) is 1. The van der Waals surface area contributed by atoms with Gasteiger partial charge in [0, 0.05) is 6.04 Å². The first-order valence-electron chi connectivity index (χ1n) is 7.03. The van der Waals surface area contributed by atoms with E-state index in [1.807, 2.05) is 0 Å². The van der Waals surface area contributed by atoms with Crippen molar-refractivity contribution in [2.75, 3.05) is 7.05 Å². The molecule has 0 aliphatic heterocycles. The van der Waals surface area contributed by atoms with Crippen LogP contribution in [0.1, 0.15) is 55.7 Å². The van der Waals surface area contributed by atoms with E-state index in [1.165, 1.54) is 49.7 Å². The summed E-state index contributed by atoms with van der Waals surface area (Å²) in [6.07, 6.45) is 8.51. The second-order valence-electron chi connectivity index (χ2n) is 5.48. The average Bonchev–Trinajstić information content (AvgIpc) is 2.85. The summed E-state index contributed by atoms with van der Waals surface area (Å²) in [6.45, 7) is 2.15. The molecule has 94 valence electrons. The highest BCUT2D eigenvalue weighted by Crippen LogP contribution is 2.31. The van der Waals surface area contributed by atoms with Gasteiger partial charge in [0.05, 0.1) is 0 Å². The van der Waals surface area contributed by atoms with Crippen LogP contribution in [0.15, 0.2) is 24.3 Å². The Hall–Kier alpha value is -0.820. The second kappa shape index (κ2) is 6.20. The molecule has 0 amide bonds. The van der Waals surface area contributed by atoms with E-state index >= 15 is 0 Å². The lowest BCUT2D eigenvalue weighted by Gasteiger charge is -2.19. The normalized spacial score (nSPS) is 18.5. The topological polar surface area (TPSA) is 12.0 Å². The summed E-state index contributed by atoms with van der Waals surface area (Å²) in [5.74, 6) is 0.997. The fraction of sp³-hybridized carbons (Fsp3) is 0.625. The number of rotatable bonds is 5. The van der Waals surface area contributed by atoms with Gasteiger partial charge in [-0.3, -0.25) is 0 Å². The highest BCUT2D eigenvalue weighted by atomic mass is 14.9. The van der Waals surface area contributed by atoms with Crippen molar-refractivity contribution in [3.63, 3.8) is 0 Å². The molecule has 1 aromatic carbocycles. The zero-order valence-electron chi connectivity index (χ0n) is 11.2. The first-order valence-corrected chi connectivity index (χ1v) is 7.03. The van der Waals surface area contributed by atoms with Crippen LogP contribution in [-0.4, -0.2) is 7.05 Å². The second-order valence-corrected chi connectivity index (χ2v) is 5.48. The van der Waals surface area contributed by atoms with Crippen LogP contribution in [0.2, 0.25) is 0 Å². The summed E-state index contributed by atoms with van der Waals surface area (Å²) >= 11 is 0. The van der Waals surface area contributed by atoms with Crippen LogP contribution in [0.25, 0.3) is 0 Å². The van der Waals surface area contributed by atoms with Gasteiger partial charge in [0.1, 0.15) is 0 Å². The zero-order chi connectivity index (χ0) is 12.1. The molecule has 1 N–H and O–H groups in total. The molecule has 0 bridgehead atoms. The van der Waals surface area contributed by atoms with E-state index in [4.69, 9.17) is 0 Å². The summed E-state index contributed by atoms with van der Waals surface area (Å²) in [5, 5.41) is 3.46. The molecule has 2 rings (SSSR count). The Bertz CT molecular complexity index is 322. The highest BCUT2D eigenvalue weighted by Gasteiger charge is 2.17. The quantitative estimate of drug-likeness (QED) is 0.800. The maximum Gasteiger partial charge on any atom is 0.0317 e. The van der Waals surface area contributed by atoms with Crippen LogP contribution in [-0.2, 0) is 0 Å². The molecule has 0 aromatic heterocycles. The van der Waals surface area contributed by atoms with Crippen molar-refractivity contribution in [1.82, 2.24) is 5.32 Å².